The van der Waals surface area contributed by atoms with Gasteiger partial charge in [-0.15, -0.1) is 0 Å². The Morgan fingerprint density at radius 3 is 2.45 bits per heavy atom. The van der Waals surface area contributed by atoms with Crippen molar-refractivity contribution in [2.24, 2.45) is 5.73 Å². The molecule has 0 atom stereocenters. The minimum atomic E-state index is -0.834. The molecule has 3 N–H and O–H groups in total. The first-order chi connectivity index (χ1) is 9.49. The Morgan fingerprint density at radius 1 is 1.25 bits per heavy atom. The van der Waals surface area contributed by atoms with Crippen LogP contribution in [0.15, 0.2) is 18.2 Å². The second-order valence-corrected chi connectivity index (χ2v) is 5.06. The zero-order valence-corrected chi connectivity index (χ0v) is 11.6. The number of benzene rings is 1. The Kier molecular flexibility index (Phi) is 4.46. The topological polar surface area (TPSA) is 86.9 Å². The first-order valence-electron chi connectivity index (χ1n) is 6.26. The summed E-state index contributed by atoms with van der Waals surface area (Å²) >= 11 is 6.03. The van der Waals surface area contributed by atoms with Crippen LogP contribution in [-0.4, -0.2) is 54.6 Å². The lowest BCUT2D eigenvalue weighted by atomic mass is 10.1. The van der Waals surface area contributed by atoms with E-state index in [9.17, 15) is 9.59 Å². The van der Waals surface area contributed by atoms with E-state index in [1.165, 1.54) is 0 Å². The summed E-state index contributed by atoms with van der Waals surface area (Å²) in [7, 11) is 0. The number of rotatable bonds is 4. The average Bonchev–Trinajstić information content (AvgIpc) is 2.38. The Morgan fingerprint density at radius 2 is 1.90 bits per heavy atom. The molecule has 1 fully saturated rings. The van der Waals surface area contributed by atoms with Gasteiger partial charge in [-0.05, 0) is 12.1 Å². The highest BCUT2D eigenvalue weighted by molar-refractivity contribution is 6.34. The highest BCUT2D eigenvalue weighted by Crippen LogP contribution is 2.27. The number of nitrogens with two attached hydrogens (primary N) is 1. The fraction of sp³-hybridized carbons (Fsp3) is 0.385. The van der Waals surface area contributed by atoms with E-state index in [4.69, 9.17) is 22.4 Å². The largest absolute Gasteiger partial charge is 0.480 e. The molecule has 1 heterocycles. The van der Waals surface area contributed by atoms with Crippen LogP contribution in [0.1, 0.15) is 10.4 Å². The SMILES string of the molecule is NC(=O)c1c(Cl)cccc1N1CCN(CC(=O)O)CC1. The van der Waals surface area contributed by atoms with Gasteiger partial charge in [0.2, 0.25) is 0 Å². The minimum absolute atomic E-state index is 0.0338. The summed E-state index contributed by atoms with van der Waals surface area (Å²) in [6, 6.07) is 5.21. The molecule has 0 radical (unpaired) electrons. The maximum atomic E-state index is 11.5. The number of halogens is 1. The number of carboxylic acids is 1. The average molecular weight is 298 g/mol. The van der Waals surface area contributed by atoms with E-state index in [2.05, 4.69) is 0 Å². The second-order valence-electron chi connectivity index (χ2n) is 4.66. The zero-order chi connectivity index (χ0) is 14.7. The molecule has 1 aromatic rings. The van der Waals surface area contributed by atoms with Crippen LogP contribution in [0.25, 0.3) is 0 Å². The number of anilines is 1. The molecule has 1 saturated heterocycles. The highest BCUT2D eigenvalue weighted by Gasteiger charge is 2.23. The second kappa shape index (κ2) is 6.11. The number of amides is 1. The van der Waals surface area contributed by atoms with E-state index in [1.54, 1.807) is 18.2 Å². The Labute approximate surface area is 121 Å². The minimum Gasteiger partial charge on any atom is -0.480 e. The first kappa shape index (κ1) is 14.6. The van der Waals surface area contributed by atoms with Crippen molar-refractivity contribution >= 4 is 29.2 Å². The van der Waals surface area contributed by atoms with Gasteiger partial charge in [0.15, 0.2) is 0 Å². The van der Waals surface area contributed by atoms with Crippen LogP contribution in [0.5, 0.6) is 0 Å². The molecule has 1 amide bonds. The smallest absolute Gasteiger partial charge is 0.317 e. The lowest BCUT2D eigenvalue weighted by Gasteiger charge is -2.36. The number of hydrogen-bond acceptors (Lipinski definition) is 4. The highest BCUT2D eigenvalue weighted by atomic mass is 35.5. The summed E-state index contributed by atoms with van der Waals surface area (Å²) in [5.74, 6) is -1.39. The Hall–Kier alpha value is -1.79. The van der Waals surface area contributed by atoms with E-state index in [1.807, 2.05) is 9.80 Å². The standard InChI is InChI=1S/C13H16ClN3O3/c14-9-2-1-3-10(12(9)13(15)20)17-6-4-16(5-7-17)8-11(18)19/h1-3H,4-8H2,(H2,15,20)(H,18,19). The van der Waals surface area contributed by atoms with E-state index >= 15 is 0 Å². The predicted octanol–water partition coefficient (Wildman–Crippen LogP) is 0.645. The number of carboxylic acid groups (broad SMARTS) is 1. The third-order valence-electron chi connectivity index (χ3n) is 3.31. The number of carbonyl (C=O) groups is 2. The molecule has 0 unspecified atom stereocenters. The number of piperazine rings is 1. The molecule has 108 valence electrons. The van der Waals surface area contributed by atoms with Crippen LogP contribution in [0.2, 0.25) is 5.02 Å². The third-order valence-corrected chi connectivity index (χ3v) is 3.62. The number of carbonyl (C=O) groups excluding carboxylic acids is 1. The number of aliphatic carboxylic acids is 1. The van der Waals surface area contributed by atoms with Crippen molar-refractivity contribution in [3.05, 3.63) is 28.8 Å². The zero-order valence-electron chi connectivity index (χ0n) is 10.9. The first-order valence-corrected chi connectivity index (χ1v) is 6.64. The van der Waals surface area contributed by atoms with Crippen LogP contribution in [0.4, 0.5) is 5.69 Å². The molecule has 0 spiro atoms. The molecule has 20 heavy (non-hydrogen) atoms. The van der Waals surface area contributed by atoms with Gasteiger partial charge in [0.05, 0.1) is 22.8 Å². The quantitative estimate of drug-likeness (QED) is 0.852. The molecule has 0 aliphatic carbocycles. The molecule has 1 aliphatic rings. The summed E-state index contributed by atoms with van der Waals surface area (Å²) in [5, 5.41) is 9.10. The van der Waals surface area contributed by atoms with Gasteiger partial charge in [-0.3, -0.25) is 14.5 Å². The molecule has 1 aliphatic heterocycles. The fourth-order valence-corrected chi connectivity index (χ4v) is 2.62. The Bertz CT molecular complexity index is 528. The maximum Gasteiger partial charge on any atom is 0.317 e. The number of primary amides is 1. The number of hydrogen-bond donors (Lipinski definition) is 2. The number of nitrogens with zero attached hydrogens (tertiary/aromatic N) is 2. The van der Waals surface area contributed by atoms with Crippen LogP contribution >= 0.6 is 11.6 Å². The maximum absolute atomic E-state index is 11.5. The summed E-state index contributed by atoms with van der Waals surface area (Å²) in [6.45, 7) is 2.54. The molecule has 2 rings (SSSR count). The monoisotopic (exact) mass is 297 g/mol. The van der Waals surface area contributed by atoms with Crippen molar-refractivity contribution < 1.29 is 14.7 Å². The van der Waals surface area contributed by atoms with E-state index in [-0.39, 0.29) is 6.54 Å². The Balaban J connectivity index is 2.13. The summed E-state index contributed by atoms with van der Waals surface area (Å²) < 4.78 is 0. The van der Waals surface area contributed by atoms with Crippen molar-refractivity contribution in [1.82, 2.24) is 4.90 Å². The van der Waals surface area contributed by atoms with Gasteiger partial charge in [-0.1, -0.05) is 17.7 Å². The molecular weight excluding hydrogens is 282 g/mol. The van der Waals surface area contributed by atoms with Gasteiger partial charge in [-0.2, -0.15) is 0 Å². The summed E-state index contributed by atoms with van der Waals surface area (Å²) in [6.07, 6.45) is 0. The van der Waals surface area contributed by atoms with Crippen molar-refractivity contribution in [3.8, 4) is 0 Å². The van der Waals surface area contributed by atoms with E-state index < -0.39 is 11.9 Å². The molecular formula is C13H16ClN3O3. The van der Waals surface area contributed by atoms with Crippen LogP contribution < -0.4 is 10.6 Å². The lowest BCUT2D eigenvalue weighted by molar-refractivity contribution is -0.138. The third kappa shape index (κ3) is 3.20. The van der Waals surface area contributed by atoms with Crippen molar-refractivity contribution in [2.45, 2.75) is 0 Å². The lowest BCUT2D eigenvalue weighted by Crippen LogP contribution is -2.48. The predicted molar refractivity (Wildman–Crippen MR) is 76.3 cm³/mol. The molecule has 0 saturated carbocycles. The normalized spacial score (nSPS) is 16.1. The molecule has 0 bridgehead atoms. The van der Waals surface area contributed by atoms with Gasteiger partial charge in [0, 0.05) is 26.2 Å². The van der Waals surface area contributed by atoms with Gasteiger partial charge in [0.25, 0.3) is 5.91 Å². The van der Waals surface area contributed by atoms with Crippen molar-refractivity contribution in [2.75, 3.05) is 37.6 Å². The van der Waals surface area contributed by atoms with Gasteiger partial charge in [0.1, 0.15) is 0 Å². The van der Waals surface area contributed by atoms with E-state index in [0.29, 0.717) is 42.5 Å². The molecule has 7 heteroatoms. The molecule has 6 nitrogen and oxygen atoms in total. The molecule has 1 aromatic carbocycles. The van der Waals surface area contributed by atoms with E-state index in [0.717, 1.165) is 0 Å². The van der Waals surface area contributed by atoms with Gasteiger partial charge >= 0.3 is 5.97 Å². The van der Waals surface area contributed by atoms with Gasteiger partial charge < -0.3 is 15.7 Å². The van der Waals surface area contributed by atoms with Gasteiger partial charge in [-0.25, -0.2) is 0 Å². The molecule has 0 aromatic heterocycles. The van der Waals surface area contributed by atoms with Crippen LogP contribution in [-0.2, 0) is 4.79 Å². The summed E-state index contributed by atoms with van der Waals surface area (Å²) in [4.78, 5) is 26.1. The van der Waals surface area contributed by atoms with Crippen molar-refractivity contribution in [1.29, 1.82) is 0 Å². The van der Waals surface area contributed by atoms with Crippen molar-refractivity contribution in [3.63, 3.8) is 0 Å². The fourth-order valence-electron chi connectivity index (χ4n) is 2.36. The van der Waals surface area contributed by atoms with Crippen LogP contribution in [0, 0.1) is 0 Å². The summed E-state index contributed by atoms with van der Waals surface area (Å²) in [5.41, 5.74) is 6.41. The van der Waals surface area contributed by atoms with Crippen LogP contribution in [0.3, 0.4) is 0 Å².